The summed E-state index contributed by atoms with van der Waals surface area (Å²) in [4.78, 5) is 57.1. The van der Waals surface area contributed by atoms with E-state index in [0.717, 1.165) is 0 Å². The number of imidazole rings is 1. The number of nitrogens with two attached hydrogens (primary N) is 1. The lowest BCUT2D eigenvalue weighted by Crippen LogP contribution is -2.59. The number of carboxylic acids is 1. The summed E-state index contributed by atoms with van der Waals surface area (Å²) >= 11 is 0. The maximum absolute atomic E-state index is 13.2. The van der Waals surface area contributed by atoms with Crippen LogP contribution in [-0.2, 0) is 32.0 Å². The van der Waals surface area contributed by atoms with Gasteiger partial charge in [-0.15, -0.1) is 0 Å². The van der Waals surface area contributed by atoms with Crippen LogP contribution in [0.5, 0.6) is 5.75 Å². The summed E-state index contributed by atoms with van der Waals surface area (Å²) < 4.78 is 0. The number of amides is 3. The van der Waals surface area contributed by atoms with Crippen molar-refractivity contribution in [1.82, 2.24) is 25.9 Å². The number of H-pyrrole nitrogens is 1. The number of nitrogens with one attached hydrogen (secondary N) is 4. The Hall–Kier alpha value is -3.97. The largest absolute Gasteiger partial charge is 0.508 e. The quantitative estimate of drug-likeness (QED) is 0.159. The molecule has 13 nitrogen and oxygen atoms in total. The number of carbonyl (C=O) groups is 4. The number of phenols is 1. The summed E-state index contributed by atoms with van der Waals surface area (Å²) in [5.74, 6) is -3.88. The lowest BCUT2D eigenvalue weighted by atomic mass is 10.00. The fourth-order valence-corrected chi connectivity index (χ4v) is 3.43. The highest BCUT2D eigenvalue weighted by atomic mass is 16.4. The Bertz CT molecular complexity index is 1060. The molecule has 1 aromatic heterocycles. The molecule has 0 aliphatic rings. The molecule has 9 N–H and O–H groups in total. The molecule has 2 rings (SSSR count). The summed E-state index contributed by atoms with van der Waals surface area (Å²) in [7, 11) is 0. The Labute approximate surface area is 213 Å². The van der Waals surface area contributed by atoms with E-state index in [1.165, 1.54) is 31.6 Å². The number of aromatic hydroxyl groups is 1. The summed E-state index contributed by atoms with van der Waals surface area (Å²) in [6, 6.07) is 1.09. The second kappa shape index (κ2) is 13.4. The van der Waals surface area contributed by atoms with Gasteiger partial charge in [0.2, 0.25) is 17.7 Å². The Balaban J connectivity index is 2.20. The standard InChI is InChI=1S/C24H34N6O7/c1-12(2)20(23(35)29-18(24(36)37)9-15-10-26-11-27-15)30-21(33)17(28-22(34)19(25)13(3)31)8-14-4-6-16(32)7-5-14/h4-7,10-13,17-20,31-32H,8-9,25H2,1-3H3,(H,26,27)(H,28,34)(H,29,35)(H,30,33)(H,36,37). The molecular weight excluding hydrogens is 484 g/mol. The highest BCUT2D eigenvalue weighted by Gasteiger charge is 2.32. The van der Waals surface area contributed by atoms with Crippen LogP contribution in [0, 0.1) is 5.92 Å². The molecule has 5 unspecified atom stereocenters. The molecule has 0 aliphatic carbocycles. The van der Waals surface area contributed by atoms with Crippen molar-refractivity contribution < 1.29 is 34.5 Å². The first-order valence-corrected chi connectivity index (χ1v) is 11.7. The van der Waals surface area contributed by atoms with E-state index >= 15 is 0 Å². The molecule has 0 fully saturated rings. The Morgan fingerprint density at radius 2 is 1.57 bits per heavy atom. The number of hydrogen-bond donors (Lipinski definition) is 8. The number of phenolic OH excluding ortho intramolecular Hbond substituents is 1. The topological polar surface area (TPSA) is 220 Å². The van der Waals surface area contributed by atoms with Gasteiger partial charge in [0.05, 0.1) is 12.4 Å². The van der Waals surface area contributed by atoms with Crippen molar-refractivity contribution in [3.05, 3.63) is 48.0 Å². The third-order valence-electron chi connectivity index (χ3n) is 5.67. The number of hydrogen-bond acceptors (Lipinski definition) is 8. The van der Waals surface area contributed by atoms with Gasteiger partial charge in [-0.25, -0.2) is 9.78 Å². The normalized spacial score (nSPS) is 15.2. The van der Waals surface area contributed by atoms with E-state index in [-0.39, 0.29) is 18.6 Å². The third kappa shape index (κ3) is 8.88. The van der Waals surface area contributed by atoms with Gasteiger partial charge in [-0.2, -0.15) is 0 Å². The van der Waals surface area contributed by atoms with Crippen molar-refractivity contribution in [3.63, 3.8) is 0 Å². The molecule has 37 heavy (non-hydrogen) atoms. The summed E-state index contributed by atoms with van der Waals surface area (Å²) in [6.07, 6.45) is 1.61. The molecule has 0 bridgehead atoms. The van der Waals surface area contributed by atoms with Crippen LogP contribution in [0.1, 0.15) is 32.0 Å². The molecule has 0 saturated heterocycles. The van der Waals surface area contributed by atoms with Gasteiger partial charge < -0.3 is 42.0 Å². The van der Waals surface area contributed by atoms with Crippen molar-refractivity contribution in [2.45, 2.75) is 63.9 Å². The van der Waals surface area contributed by atoms with Crippen molar-refractivity contribution in [3.8, 4) is 5.75 Å². The SMILES string of the molecule is CC(C)C(NC(=O)C(Cc1ccc(O)cc1)NC(=O)C(N)C(C)O)C(=O)NC(Cc1cnc[nH]1)C(=O)O. The lowest BCUT2D eigenvalue weighted by Gasteiger charge is -2.27. The van der Waals surface area contributed by atoms with Crippen molar-refractivity contribution in [2.24, 2.45) is 11.7 Å². The lowest BCUT2D eigenvalue weighted by molar-refractivity contribution is -0.142. The molecule has 0 spiro atoms. The van der Waals surface area contributed by atoms with Gasteiger partial charge in [0, 0.05) is 24.7 Å². The molecule has 13 heteroatoms. The summed E-state index contributed by atoms with van der Waals surface area (Å²) in [5, 5.41) is 36.3. The van der Waals surface area contributed by atoms with E-state index in [1.807, 2.05) is 0 Å². The smallest absolute Gasteiger partial charge is 0.326 e. The Morgan fingerprint density at radius 3 is 2.08 bits per heavy atom. The highest BCUT2D eigenvalue weighted by molar-refractivity contribution is 5.94. The minimum atomic E-state index is -1.29. The predicted molar refractivity (Wildman–Crippen MR) is 132 cm³/mol. The highest BCUT2D eigenvalue weighted by Crippen LogP contribution is 2.13. The van der Waals surface area contributed by atoms with Crippen LogP contribution in [0.25, 0.3) is 0 Å². The monoisotopic (exact) mass is 518 g/mol. The number of nitrogens with zero attached hydrogens (tertiary/aromatic N) is 1. The van der Waals surface area contributed by atoms with Crippen LogP contribution in [0.4, 0.5) is 0 Å². The van der Waals surface area contributed by atoms with Crippen molar-refractivity contribution >= 4 is 23.7 Å². The average molecular weight is 519 g/mol. The minimum absolute atomic E-state index is 0.00556. The number of aromatic amines is 1. The number of benzene rings is 1. The third-order valence-corrected chi connectivity index (χ3v) is 5.67. The van der Waals surface area contributed by atoms with Gasteiger partial charge in [0.15, 0.2) is 0 Å². The average Bonchev–Trinajstić information content (AvgIpc) is 3.35. The van der Waals surface area contributed by atoms with Gasteiger partial charge >= 0.3 is 5.97 Å². The number of aromatic nitrogens is 2. The molecule has 0 saturated carbocycles. The van der Waals surface area contributed by atoms with Gasteiger partial charge in [-0.3, -0.25) is 14.4 Å². The van der Waals surface area contributed by atoms with Crippen molar-refractivity contribution in [2.75, 3.05) is 0 Å². The number of aliphatic hydroxyl groups is 1. The number of carbonyl (C=O) groups excluding carboxylic acids is 3. The molecule has 0 radical (unpaired) electrons. The zero-order chi connectivity index (χ0) is 27.7. The first-order chi connectivity index (χ1) is 17.4. The van der Waals surface area contributed by atoms with E-state index in [0.29, 0.717) is 11.3 Å². The van der Waals surface area contributed by atoms with Gasteiger partial charge in [-0.1, -0.05) is 26.0 Å². The molecule has 202 valence electrons. The molecule has 3 amide bonds. The summed E-state index contributed by atoms with van der Waals surface area (Å²) in [5.41, 5.74) is 6.81. The number of aliphatic carboxylic acids is 1. The van der Waals surface area contributed by atoms with Gasteiger partial charge in [0.1, 0.15) is 29.9 Å². The zero-order valence-electron chi connectivity index (χ0n) is 20.8. The van der Waals surface area contributed by atoms with E-state index < -0.39 is 59.9 Å². The van der Waals surface area contributed by atoms with Crippen LogP contribution in [0.3, 0.4) is 0 Å². The molecule has 5 atom stereocenters. The molecule has 2 aromatic rings. The number of carboxylic acid groups (broad SMARTS) is 1. The van der Waals surface area contributed by atoms with Crippen LogP contribution >= 0.6 is 0 Å². The molecule has 1 heterocycles. The van der Waals surface area contributed by atoms with E-state index in [1.54, 1.807) is 26.0 Å². The molecular formula is C24H34N6O7. The zero-order valence-corrected chi connectivity index (χ0v) is 20.8. The van der Waals surface area contributed by atoms with Crippen LogP contribution in [0.2, 0.25) is 0 Å². The first kappa shape index (κ1) is 29.3. The fraction of sp³-hybridized carbons (Fsp3) is 0.458. The maximum atomic E-state index is 13.2. The second-order valence-electron chi connectivity index (χ2n) is 9.11. The number of rotatable bonds is 13. The van der Waals surface area contributed by atoms with E-state index in [9.17, 15) is 34.5 Å². The minimum Gasteiger partial charge on any atom is -0.508 e. The van der Waals surface area contributed by atoms with E-state index in [4.69, 9.17) is 5.73 Å². The van der Waals surface area contributed by atoms with E-state index in [2.05, 4.69) is 25.9 Å². The second-order valence-corrected chi connectivity index (χ2v) is 9.11. The van der Waals surface area contributed by atoms with Crippen LogP contribution in [0.15, 0.2) is 36.8 Å². The van der Waals surface area contributed by atoms with Crippen LogP contribution < -0.4 is 21.7 Å². The van der Waals surface area contributed by atoms with Crippen LogP contribution in [-0.4, -0.2) is 79.2 Å². The molecule has 0 aliphatic heterocycles. The predicted octanol–water partition coefficient (Wildman–Crippen LogP) is -1.20. The fourth-order valence-electron chi connectivity index (χ4n) is 3.43. The molecule has 1 aromatic carbocycles. The Morgan fingerprint density at radius 1 is 0.946 bits per heavy atom. The van der Waals surface area contributed by atoms with Gasteiger partial charge in [0.25, 0.3) is 0 Å². The Kier molecular flexibility index (Phi) is 10.6. The maximum Gasteiger partial charge on any atom is 0.326 e. The number of aliphatic hydroxyl groups excluding tert-OH is 1. The van der Waals surface area contributed by atoms with Crippen molar-refractivity contribution in [1.29, 1.82) is 0 Å². The summed E-state index contributed by atoms with van der Waals surface area (Å²) in [6.45, 7) is 4.68. The van der Waals surface area contributed by atoms with Gasteiger partial charge in [-0.05, 0) is 30.5 Å². The first-order valence-electron chi connectivity index (χ1n) is 11.7.